The molecule has 1 heterocycles. The van der Waals surface area contributed by atoms with Crippen LogP contribution in [0, 0.1) is 0 Å². The van der Waals surface area contributed by atoms with Crippen molar-refractivity contribution in [2.24, 2.45) is 0 Å². The van der Waals surface area contributed by atoms with Gasteiger partial charge in [0, 0.05) is 54.4 Å². The molecule has 0 radical (unpaired) electrons. The van der Waals surface area contributed by atoms with Crippen molar-refractivity contribution in [2.75, 3.05) is 18.5 Å². The Kier molecular flexibility index (Phi) is 9.29. The number of nitrogens with zero attached hydrogens (tertiary/aromatic N) is 2. The van der Waals surface area contributed by atoms with Crippen LogP contribution in [-0.4, -0.2) is 36.8 Å². The highest BCUT2D eigenvalue weighted by molar-refractivity contribution is 6.42. The van der Waals surface area contributed by atoms with Crippen LogP contribution < -0.4 is 10.2 Å². The average molecular weight is 617 g/mol. The Labute approximate surface area is 233 Å². The molecule has 0 aliphatic heterocycles. The fraction of sp³-hybridized carbons (Fsp3) is 0.280. The Morgan fingerprint density at radius 1 is 0.872 bits per heavy atom. The van der Waals surface area contributed by atoms with Crippen LogP contribution >= 0.6 is 34.8 Å². The van der Waals surface area contributed by atoms with Gasteiger partial charge in [0.05, 0.1) is 10.0 Å². The molecule has 0 aliphatic rings. The minimum atomic E-state index is -6.36. The van der Waals surface area contributed by atoms with Crippen molar-refractivity contribution in [3.05, 3.63) is 92.2 Å². The van der Waals surface area contributed by atoms with Crippen LogP contribution in [0.4, 0.5) is 36.4 Å². The molecule has 0 atom stereocenters. The number of anilines is 1. The van der Waals surface area contributed by atoms with E-state index in [2.05, 4.69) is 10.3 Å². The van der Waals surface area contributed by atoms with E-state index in [1.165, 1.54) is 43.7 Å². The number of likely N-dealkylation sites (N-methyl/N-ethyl adjacent to an activating group) is 1. The Morgan fingerprint density at radius 3 is 2.05 bits per heavy atom. The zero-order valence-corrected chi connectivity index (χ0v) is 22.2. The second-order valence-corrected chi connectivity index (χ2v) is 9.67. The van der Waals surface area contributed by atoms with E-state index in [4.69, 9.17) is 34.8 Å². The second-order valence-electron chi connectivity index (χ2n) is 8.45. The van der Waals surface area contributed by atoms with Crippen LogP contribution in [0.15, 0.2) is 54.9 Å². The third kappa shape index (κ3) is 6.70. The van der Waals surface area contributed by atoms with Gasteiger partial charge in [-0.25, -0.2) is 4.39 Å². The number of hydrogen-bond acceptors (Lipinski definition) is 3. The third-order valence-electron chi connectivity index (χ3n) is 5.83. The molecular weight excluding hydrogens is 598 g/mol. The number of hydrogen-bond donors (Lipinski definition) is 1. The number of carbonyl (C=O) groups is 1. The molecule has 39 heavy (non-hydrogen) atoms. The highest BCUT2D eigenvalue weighted by atomic mass is 35.5. The molecule has 0 saturated heterocycles. The van der Waals surface area contributed by atoms with Gasteiger partial charge in [0.15, 0.2) is 0 Å². The highest BCUT2D eigenvalue weighted by Gasteiger charge is 2.74. The Bertz CT molecular complexity index is 1320. The molecule has 2 aromatic carbocycles. The predicted molar refractivity (Wildman–Crippen MR) is 135 cm³/mol. The Hall–Kier alpha value is -2.76. The van der Waals surface area contributed by atoms with E-state index in [-0.39, 0.29) is 40.7 Å². The van der Waals surface area contributed by atoms with E-state index in [0.29, 0.717) is 11.6 Å². The van der Waals surface area contributed by atoms with Crippen molar-refractivity contribution in [1.29, 1.82) is 0 Å². The van der Waals surface area contributed by atoms with E-state index >= 15 is 4.39 Å². The lowest BCUT2D eigenvalue weighted by Gasteiger charge is -2.34. The van der Waals surface area contributed by atoms with Crippen LogP contribution in [0.25, 0.3) is 0 Å². The smallest absolute Gasteiger partial charge is 0.374 e. The van der Waals surface area contributed by atoms with Crippen molar-refractivity contribution in [2.45, 2.75) is 31.0 Å². The minimum absolute atomic E-state index is 0.0362. The lowest BCUT2D eigenvalue weighted by Crippen LogP contribution is -2.51. The van der Waals surface area contributed by atoms with Crippen LogP contribution in [0.3, 0.4) is 0 Å². The first-order chi connectivity index (χ1) is 18.1. The summed E-state index contributed by atoms with van der Waals surface area (Å²) < 4.78 is 97.4. The van der Waals surface area contributed by atoms with E-state index in [1.807, 2.05) is 0 Å². The first kappa shape index (κ1) is 30.8. The summed E-state index contributed by atoms with van der Waals surface area (Å²) in [7, 11) is 1.21. The van der Waals surface area contributed by atoms with Crippen LogP contribution in [-0.2, 0) is 18.6 Å². The number of benzene rings is 2. The number of carbonyl (C=O) groups excluding carboxylic acids is 1. The molecule has 14 heteroatoms. The van der Waals surface area contributed by atoms with Gasteiger partial charge >= 0.3 is 18.0 Å². The van der Waals surface area contributed by atoms with Crippen molar-refractivity contribution in [1.82, 2.24) is 10.3 Å². The van der Waals surface area contributed by atoms with Crippen molar-refractivity contribution in [3.8, 4) is 0 Å². The lowest BCUT2D eigenvalue weighted by atomic mass is 9.90. The van der Waals surface area contributed by atoms with Gasteiger partial charge in [0.1, 0.15) is 0 Å². The standard InChI is InChI=1S/C25H19Cl3F7N3O/c1-38(9-6-14-2-3-18(26)20(28)10-14)21-11-16(13-37-22(39)15-4-7-36-8-5-15)19(27)12-17(21)23(29,24(30,31)32)25(33,34)35/h2-5,7-8,10-12H,6,9,13H2,1H3,(H,37,39). The molecule has 1 aromatic heterocycles. The van der Waals surface area contributed by atoms with Gasteiger partial charge in [0.2, 0.25) is 0 Å². The zero-order chi connectivity index (χ0) is 29.2. The minimum Gasteiger partial charge on any atom is -0.374 e. The largest absolute Gasteiger partial charge is 0.436 e. The molecule has 0 fully saturated rings. The average Bonchev–Trinajstić information content (AvgIpc) is 2.86. The maximum Gasteiger partial charge on any atom is 0.436 e. The first-order valence-electron chi connectivity index (χ1n) is 11.0. The van der Waals surface area contributed by atoms with Crippen LogP contribution in [0.1, 0.15) is 27.0 Å². The van der Waals surface area contributed by atoms with Gasteiger partial charge in [-0.1, -0.05) is 40.9 Å². The number of nitrogens with one attached hydrogen (secondary N) is 1. The molecule has 4 nitrogen and oxygen atoms in total. The van der Waals surface area contributed by atoms with Gasteiger partial charge in [-0.3, -0.25) is 9.78 Å². The van der Waals surface area contributed by atoms with Crippen molar-refractivity contribution >= 4 is 46.4 Å². The lowest BCUT2D eigenvalue weighted by molar-refractivity contribution is -0.348. The normalized spacial score (nSPS) is 12.4. The van der Waals surface area contributed by atoms with Gasteiger partial charge in [-0.2, -0.15) is 26.3 Å². The van der Waals surface area contributed by atoms with Crippen molar-refractivity contribution in [3.63, 3.8) is 0 Å². The molecule has 3 rings (SSSR count). The fourth-order valence-electron chi connectivity index (χ4n) is 3.69. The van der Waals surface area contributed by atoms with E-state index < -0.39 is 40.2 Å². The summed E-state index contributed by atoms with van der Waals surface area (Å²) in [6, 6.07) is 8.53. The molecule has 0 aliphatic carbocycles. The van der Waals surface area contributed by atoms with Crippen molar-refractivity contribution < 1.29 is 35.5 Å². The zero-order valence-electron chi connectivity index (χ0n) is 19.9. The third-order valence-corrected chi connectivity index (χ3v) is 6.92. The van der Waals surface area contributed by atoms with Gasteiger partial charge in [0.25, 0.3) is 5.91 Å². The van der Waals surface area contributed by atoms with E-state index in [0.717, 1.165) is 11.0 Å². The summed E-state index contributed by atoms with van der Waals surface area (Å²) in [5.41, 5.74) is -7.43. The fourth-order valence-corrected chi connectivity index (χ4v) is 4.24. The molecular formula is C25H19Cl3F7N3O. The molecule has 1 amide bonds. The molecule has 1 N–H and O–H groups in total. The van der Waals surface area contributed by atoms with Gasteiger partial charge in [-0.15, -0.1) is 0 Å². The van der Waals surface area contributed by atoms with E-state index in [1.54, 1.807) is 6.07 Å². The number of pyridine rings is 1. The predicted octanol–water partition coefficient (Wildman–Crippen LogP) is 7.94. The summed E-state index contributed by atoms with van der Waals surface area (Å²) >= 11 is 17.9. The SMILES string of the molecule is CN(CCc1ccc(Cl)c(Cl)c1)c1cc(CNC(=O)c2ccncc2)c(Cl)cc1C(F)(C(F)(F)F)C(F)(F)F. The number of amides is 1. The summed E-state index contributed by atoms with van der Waals surface area (Å²) in [4.78, 5) is 17.2. The summed E-state index contributed by atoms with van der Waals surface area (Å²) in [5.74, 6) is -0.600. The summed E-state index contributed by atoms with van der Waals surface area (Å²) in [6.07, 6.45) is -9.89. The molecule has 0 bridgehead atoms. The highest BCUT2D eigenvalue weighted by Crippen LogP contribution is 2.56. The number of halogens is 10. The van der Waals surface area contributed by atoms with Gasteiger partial charge in [-0.05, 0) is 53.9 Å². The first-order valence-corrected chi connectivity index (χ1v) is 12.2. The topological polar surface area (TPSA) is 45.2 Å². The Balaban J connectivity index is 2.03. The molecule has 210 valence electrons. The maximum atomic E-state index is 15.2. The van der Waals surface area contributed by atoms with Crippen LogP contribution in [0.5, 0.6) is 0 Å². The number of aromatic nitrogens is 1. The van der Waals surface area contributed by atoms with Gasteiger partial charge < -0.3 is 10.2 Å². The maximum absolute atomic E-state index is 15.2. The van der Waals surface area contributed by atoms with E-state index in [9.17, 15) is 31.1 Å². The summed E-state index contributed by atoms with van der Waals surface area (Å²) in [5, 5.41) is 2.33. The monoisotopic (exact) mass is 615 g/mol. The molecule has 0 saturated carbocycles. The number of rotatable bonds is 8. The van der Waals surface area contributed by atoms with Crippen LogP contribution in [0.2, 0.25) is 15.1 Å². The second kappa shape index (κ2) is 11.8. The molecule has 0 spiro atoms. The number of alkyl halides is 7. The Morgan fingerprint density at radius 2 is 1.49 bits per heavy atom. The summed E-state index contributed by atoms with van der Waals surface area (Å²) in [6.45, 7) is -0.508. The quantitative estimate of drug-likeness (QED) is 0.262. The molecule has 0 unspecified atom stereocenters. The molecule has 3 aromatic rings.